The van der Waals surface area contributed by atoms with E-state index in [9.17, 15) is 14.4 Å². The highest BCUT2D eigenvalue weighted by atomic mass is 32.2. The highest BCUT2D eigenvalue weighted by Crippen LogP contribution is 2.20. The Kier molecular flexibility index (Phi) is 9.63. The fourth-order valence-corrected chi connectivity index (χ4v) is 4.45. The molecule has 0 saturated heterocycles. The fourth-order valence-electron chi connectivity index (χ4n) is 3.53. The molecule has 0 aliphatic heterocycles. The number of ether oxygens (including phenoxy) is 1. The number of anilines is 1. The number of carbonyl (C=O) groups is 2. The summed E-state index contributed by atoms with van der Waals surface area (Å²) in [5.41, 5.74) is 1.70. The van der Waals surface area contributed by atoms with Crippen LogP contribution in [0.15, 0.2) is 58.5 Å². The summed E-state index contributed by atoms with van der Waals surface area (Å²) in [5, 5.41) is 3.92. The van der Waals surface area contributed by atoms with Crippen LogP contribution < -0.4 is 10.9 Å². The maximum Gasteiger partial charge on any atom is 0.262 e. The summed E-state index contributed by atoms with van der Waals surface area (Å²) in [6.07, 6.45) is 1.24. The Morgan fingerprint density at radius 3 is 2.46 bits per heavy atom. The number of hydrogen-bond donors (Lipinski definition) is 1. The van der Waals surface area contributed by atoms with Gasteiger partial charge in [0.15, 0.2) is 10.9 Å². The minimum absolute atomic E-state index is 0.0474. The lowest BCUT2D eigenvalue weighted by Crippen LogP contribution is -2.24. The minimum atomic E-state index is -0.114. The number of nitrogens with zero attached hydrogens (tertiary/aromatic N) is 2. The van der Waals surface area contributed by atoms with E-state index >= 15 is 0 Å². The molecule has 7 nitrogen and oxygen atoms in total. The lowest BCUT2D eigenvalue weighted by Gasteiger charge is -2.14. The van der Waals surface area contributed by atoms with E-state index in [0.717, 1.165) is 0 Å². The summed E-state index contributed by atoms with van der Waals surface area (Å²) in [7, 11) is 0. The van der Waals surface area contributed by atoms with Crippen LogP contribution in [-0.4, -0.2) is 39.7 Å². The number of nitrogens with one attached hydrogen (secondary N) is 1. The third-order valence-corrected chi connectivity index (χ3v) is 6.20. The van der Waals surface area contributed by atoms with Gasteiger partial charge in [0.2, 0.25) is 5.91 Å². The standard InChI is InChI=1S/C27H33N3O4S/c1-18(2)16-25(32)28-21-12-10-20(11-13-21)24(31)17-35-27-29-23-9-6-5-8-22(23)26(33)30(27)14-7-15-34-19(3)4/h5-6,8-13,18-19H,7,14-17H2,1-4H3,(H,28,32). The normalized spacial score (nSPS) is 11.4. The summed E-state index contributed by atoms with van der Waals surface area (Å²) < 4.78 is 7.25. The predicted octanol–water partition coefficient (Wildman–Crippen LogP) is 5.17. The van der Waals surface area contributed by atoms with Gasteiger partial charge >= 0.3 is 0 Å². The summed E-state index contributed by atoms with van der Waals surface area (Å²) in [4.78, 5) is 42.6. The van der Waals surface area contributed by atoms with Crippen molar-refractivity contribution in [2.75, 3.05) is 17.7 Å². The van der Waals surface area contributed by atoms with Gasteiger partial charge in [-0.05, 0) is 62.6 Å². The van der Waals surface area contributed by atoms with E-state index in [4.69, 9.17) is 4.74 Å². The second-order valence-electron chi connectivity index (χ2n) is 9.08. The number of hydrogen-bond acceptors (Lipinski definition) is 6. The molecule has 0 atom stereocenters. The molecule has 1 heterocycles. The van der Waals surface area contributed by atoms with Crippen molar-refractivity contribution in [2.24, 2.45) is 5.92 Å². The molecular weight excluding hydrogens is 462 g/mol. The summed E-state index contributed by atoms with van der Waals surface area (Å²) in [6.45, 7) is 8.93. The molecule has 3 aromatic rings. The number of para-hydroxylation sites is 1. The Labute approximate surface area is 210 Å². The van der Waals surface area contributed by atoms with Gasteiger partial charge in [-0.2, -0.15) is 0 Å². The molecule has 2 aromatic carbocycles. The molecule has 186 valence electrons. The Bertz CT molecular complexity index is 1220. The average Bonchev–Trinajstić information content (AvgIpc) is 2.81. The molecule has 0 saturated carbocycles. The summed E-state index contributed by atoms with van der Waals surface area (Å²) in [6, 6.07) is 14.1. The molecule has 0 bridgehead atoms. The zero-order valence-electron chi connectivity index (χ0n) is 20.7. The van der Waals surface area contributed by atoms with Gasteiger partial charge in [-0.1, -0.05) is 37.7 Å². The Morgan fingerprint density at radius 2 is 1.77 bits per heavy atom. The fraction of sp³-hybridized carbons (Fsp3) is 0.407. The van der Waals surface area contributed by atoms with Gasteiger partial charge in [0.25, 0.3) is 5.56 Å². The van der Waals surface area contributed by atoms with E-state index in [1.54, 1.807) is 41.0 Å². The van der Waals surface area contributed by atoms with E-state index in [1.165, 1.54) is 11.8 Å². The van der Waals surface area contributed by atoms with Gasteiger partial charge in [0.05, 0.1) is 22.8 Å². The largest absolute Gasteiger partial charge is 0.379 e. The monoisotopic (exact) mass is 495 g/mol. The second-order valence-corrected chi connectivity index (χ2v) is 10.0. The molecule has 0 radical (unpaired) electrons. The van der Waals surface area contributed by atoms with Gasteiger partial charge < -0.3 is 10.1 Å². The molecule has 0 spiro atoms. The maximum atomic E-state index is 13.1. The van der Waals surface area contributed by atoms with Gasteiger partial charge in [0, 0.05) is 30.8 Å². The number of thioether (sulfide) groups is 1. The third kappa shape index (κ3) is 7.77. The molecular formula is C27H33N3O4S. The Morgan fingerprint density at radius 1 is 1.06 bits per heavy atom. The molecule has 3 rings (SSSR count). The van der Waals surface area contributed by atoms with E-state index in [-0.39, 0.29) is 35.0 Å². The van der Waals surface area contributed by atoms with Crippen molar-refractivity contribution in [2.45, 2.75) is 58.3 Å². The SMILES string of the molecule is CC(C)CC(=O)Nc1ccc(C(=O)CSc2nc3ccccc3c(=O)n2CCCOC(C)C)cc1. The Balaban J connectivity index is 1.71. The Hall–Kier alpha value is -2.97. The topological polar surface area (TPSA) is 90.3 Å². The second kappa shape index (κ2) is 12.7. The van der Waals surface area contributed by atoms with Crippen LogP contribution >= 0.6 is 11.8 Å². The number of Topliss-reactive ketones (excluding diaryl/α,β-unsaturated/α-hetero) is 1. The zero-order valence-corrected chi connectivity index (χ0v) is 21.6. The molecule has 0 aliphatic rings. The molecule has 1 amide bonds. The molecule has 1 aromatic heterocycles. The van der Waals surface area contributed by atoms with Crippen molar-refractivity contribution in [3.63, 3.8) is 0 Å². The first-order valence-corrected chi connectivity index (χ1v) is 12.9. The van der Waals surface area contributed by atoms with Crippen LogP contribution in [0.25, 0.3) is 10.9 Å². The molecule has 8 heteroatoms. The third-order valence-electron chi connectivity index (χ3n) is 5.22. The number of carbonyl (C=O) groups excluding carboxylic acids is 2. The number of rotatable bonds is 12. The van der Waals surface area contributed by atoms with Crippen LogP contribution in [0.5, 0.6) is 0 Å². The van der Waals surface area contributed by atoms with E-state index < -0.39 is 0 Å². The number of fused-ring (bicyclic) bond motifs is 1. The number of ketones is 1. The molecule has 35 heavy (non-hydrogen) atoms. The van der Waals surface area contributed by atoms with Crippen molar-refractivity contribution in [3.8, 4) is 0 Å². The lowest BCUT2D eigenvalue weighted by molar-refractivity contribution is -0.116. The highest BCUT2D eigenvalue weighted by molar-refractivity contribution is 7.99. The van der Waals surface area contributed by atoms with Crippen LogP contribution in [0.3, 0.4) is 0 Å². The van der Waals surface area contributed by atoms with Gasteiger partial charge in [0.1, 0.15) is 0 Å². The van der Waals surface area contributed by atoms with Crippen LogP contribution in [0.4, 0.5) is 5.69 Å². The van der Waals surface area contributed by atoms with Crippen molar-refractivity contribution in [3.05, 3.63) is 64.4 Å². The van der Waals surface area contributed by atoms with Crippen molar-refractivity contribution in [1.82, 2.24) is 9.55 Å². The number of aromatic nitrogens is 2. The molecule has 1 N–H and O–H groups in total. The number of benzene rings is 2. The average molecular weight is 496 g/mol. The molecule has 0 unspecified atom stereocenters. The predicted molar refractivity (Wildman–Crippen MR) is 141 cm³/mol. The van der Waals surface area contributed by atoms with Gasteiger partial charge in [-0.25, -0.2) is 4.98 Å². The van der Waals surface area contributed by atoms with Crippen LogP contribution in [0, 0.1) is 5.92 Å². The van der Waals surface area contributed by atoms with Crippen molar-refractivity contribution >= 4 is 40.0 Å². The van der Waals surface area contributed by atoms with Gasteiger partial charge in [-0.15, -0.1) is 0 Å². The summed E-state index contributed by atoms with van der Waals surface area (Å²) >= 11 is 1.26. The first kappa shape index (κ1) is 26.6. The van der Waals surface area contributed by atoms with Crippen molar-refractivity contribution < 1.29 is 14.3 Å². The summed E-state index contributed by atoms with van der Waals surface area (Å²) in [5.74, 6) is 0.296. The van der Waals surface area contributed by atoms with E-state index in [0.29, 0.717) is 53.3 Å². The quantitative estimate of drug-likeness (QED) is 0.161. The zero-order chi connectivity index (χ0) is 25.4. The molecule has 0 aliphatic carbocycles. The minimum Gasteiger partial charge on any atom is -0.379 e. The van der Waals surface area contributed by atoms with Gasteiger partial charge in [-0.3, -0.25) is 19.0 Å². The van der Waals surface area contributed by atoms with Crippen LogP contribution in [-0.2, 0) is 16.1 Å². The van der Waals surface area contributed by atoms with E-state index in [1.807, 2.05) is 39.8 Å². The number of amides is 1. The maximum absolute atomic E-state index is 13.1. The van der Waals surface area contributed by atoms with Crippen LogP contribution in [0.1, 0.15) is 50.9 Å². The van der Waals surface area contributed by atoms with E-state index in [2.05, 4.69) is 10.3 Å². The first-order valence-electron chi connectivity index (χ1n) is 11.9. The van der Waals surface area contributed by atoms with Crippen LogP contribution in [0.2, 0.25) is 0 Å². The lowest BCUT2D eigenvalue weighted by atomic mass is 10.1. The smallest absolute Gasteiger partial charge is 0.262 e. The highest BCUT2D eigenvalue weighted by Gasteiger charge is 2.15. The first-order chi connectivity index (χ1) is 16.7. The molecule has 0 fully saturated rings. The van der Waals surface area contributed by atoms with Crippen molar-refractivity contribution in [1.29, 1.82) is 0 Å².